The molecule has 2 aromatic carbocycles. The van der Waals surface area contributed by atoms with Gasteiger partial charge in [0.05, 0.1) is 34.1 Å². The van der Waals surface area contributed by atoms with Gasteiger partial charge in [-0.25, -0.2) is 0 Å². The SMILES string of the molecule is Cc1c(C#N)cccc1[C@@H](C)Nc1nnc(C)c2cc(Cl)c(N(C)[C@@H]3CCN(C)C3)cc12. The van der Waals surface area contributed by atoms with Crippen molar-refractivity contribution in [3.8, 4) is 6.07 Å². The summed E-state index contributed by atoms with van der Waals surface area (Å²) in [4.78, 5) is 4.63. The van der Waals surface area contributed by atoms with E-state index in [1.165, 1.54) is 0 Å². The number of halogens is 1. The second-order valence-corrected chi connectivity index (χ2v) is 9.20. The molecule has 1 N–H and O–H groups in total. The van der Waals surface area contributed by atoms with Crippen LogP contribution in [0, 0.1) is 25.2 Å². The van der Waals surface area contributed by atoms with Gasteiger partial charge in [-0.1, -0.05) is 23.7 Å². The van der Waals surface area contributed by atoms with E-state index in [1.807, 2.05) is 38.1 Å². The number of hydrogen-bond acceptors (Lipinski definition) is 6. The van der Waals surface area contributed by atoms with Crippen molar-refractivity contribution in [2.75, 3.05) is 37.4 Å². The lowest BCUT2D eigenvalue weighted by atomic mass is 9.98. The van der Waals surface area contributed by atoms with Gasteiger partial charge in [-0.3, -0.25) is 0 Å². The zero-order chi connectivity index (χ0) is 23.0. The predicted molar refractivity (Wildman–Crippen MR) is 132 cm³/mol. The van der Waals surface area contributed by atoms with E-state index in [0.29, 0.717) is 11.6 Å². The first kappa shape index (κ1) is 22.3. The summed E-state index contributed by atoms with van der Waals surface area (Å²) in [6.45, 7) is 8.13. The molecule has 3 aromatic rings. The third-order valence-corrected chi connectivity index (χ3v) is 6.94. The minimum atomic E-state index is -0.0381. The standard InChI is InChI=1S/C25H29ClN6/c1-15-18(13-27)7-6-8-20(15)16(2)28-25-22-12-24(32(5)19-9-10-31(4)14-19)23(26)11-21(22)17(3)29-30-25/h6-8,11-12,16,19H,9-10,14H2,1-5H3,(H,28,30)/t16-,19-/m1/s1. The molecule has 0 amide bonds. The molecule has 1 saturated heterocycles. The van der Waals surface area contributed by atoms with Crippen LogP contribution in [0.15, 0.2) is 30.3 Å². The summed E-state index contributed by atoms with van der Waals surface area (Å²) in [6.07, 6.45) is 1.12. The number of anilines is 2. The molecule has 6 nitrogen and oxygen atoms in total. The minimum Gasteiger partial charge on any atom is -0.369 e. The summed E-state index contributed by atoms with van der Waals surface area (Å²) in [7, 11) is 4.27. The molecule has 4 rings (SSSR count). The monoisotopic (exact) mass is 448 g/mol. The molecule has 1 fully saturated rings. The number of nitrogens with zero attached hydrogens (tertiary/aromatic N) is 5. The first-order valence-electron chi connectivity index (χ1n) is 10.9. The largest absolute Gasteiger partial charge is 0.369 e. The number of nitrogens with one attached hydrogen (secondary N) is 1. The molecule has 166 valence electrons. The molecule has 0 spiro atoms. The van der Waals surface area contributed by atoms with Gasteiger partial charge in [0.25, 0.3) is 0 Å². The number of hydrogen-bond donors (Lipinski definition) is 1. The van der Waals surface area contributed by atoms with Crippen LogP contribution in [0.25, 0.3) is 10.8 Å². The van der Waals surface area contributed by atoms with Gasteiger partial charge in [0.15, 0.2) is 5.82 Å². The van der Waals surface area contributed by atoms with E-state index in [2.05, 4.69) is 58.5 Å². The van der Waals surface area contributed by atoms with E-state index >= 15 is 0 Å². The van der Waals surface area contributed by atoms with Crippen LogP contribution in [0.1, 0.15) is 41.8 Å². The highest BCUT2D eigenvalue weighted by Gasteiger charge is 2.25. The van der Waals surface area contributed by atoms with Gasteiger partial charge in [-0.2, -0.15) is 10.4 Å². The minimum absolute atomic E-state index is 0.0381. The van der Waals surface area contributed by atoms with E-state index in [1.54, 1.807) is 0 Å². The maximum absolute atomic E-state index is 9.39. The first-order valence-corrected chi connectivity index (χ1v) is 11.3. The highest BCUT2D eigenvalue weighted by molar-refractivity contribution is 6.34. The number of aromatic nitrogens is 2. The summed E-state index contributed by atoms with van der Waals surface area (Å²) >= 11 is 6.74. The number of likely N-dealkylation sites (N-methyl/N-ethyl adjacent to an activating group) is 2. The lowest BCUT2D eigenvalue weighted by molar-refractivity contribution is 0.409. The van der Waals surface area contributed by atoms with Crippen LogP contribution < -0.4 is 10.2 Å². The van der Waals surface area contributed by atoms with Crippen molar-refractivity contribution in [2.45, 2.75) is 39.3 Å². The van der Waals surface area contributed by atoms with Crippen LogP contribution >= 0.6 is 11.6 Å². The Kier molecular flexibility index (Phi) is 6.23. The molecule has 0 saturated carbocycles. The summed E-state index contributed by atoms with van der Waals surface area (Å²) in [5.41, 5.74) is 4.59. The van der Waals surface area contributed by atoms with Crippen LogP contribution in [0.5, 0.6) is 0 Å². The fraction of sp³-hybridized carbons (Fsp3) is 0.400. The summed E-state index contributed by atoms with van der Waals surface area (Å²) in [6, 6.07) is 12.6. The number of benzene rings is 2. The van der Waals surface area contributed by atoms with Gasteiger partial charge in [0.1, 0.15) is 0 Å². The van der Waals surface area contributed by atoms with E-state index in [-0.39, 0.29) is 6.04 Å². The second-order valence-electron chi connectivity index (χ2n) is 8.80. The quantitative estimate of drug-likeness (QED) is 0.586. The van der Waals surface area contributed by atoms with Crippen molar-refractivity contribution in [1.29, 1.82) is 5.26 Å². The maximum Gasteiger partial charge on any atom is 0.157 e. The lowest BCUT2D eigenvalue weighted by Crippen LogP contribution is -2.33. The van der Waals surface area contributed by atoms with E-state index in [4.69, 9.17) is 11.6 Å². The van der Waals surface area contributed by atoms with Crippen molar-refractivity contribution >= 4 is 33.9 Å². The van der Waals surface area contributed by atoms with Crippen LogP contribution in [0.3, 0.4) is 0 Å². The molecule has 1 aromatic heterocycles. The zero-order valence-corrected chi connectivity index (χ0v) is 20.0. The van der Waals surface area contributed by atoms with Crippen LogP contribution in [0.4, 0.5) is 11.5 Å². The van der Waals surface area contributed by atoms with E-state index in [9.17, 15) is 5.26 Å². The summed E-state index contributed by atoms with van der Waals surface area (Å²) in [5.74, 6) is 0.717. The molecular formula is C25H29ClN6. The Balaban J connectivity index is 1.74. The van der Waals surface area contributed by atoms with Gasteiger partial charge >= 0.3 is 0 Å². The fourth-order valence-electron chi connectivity index (χ4n) is 4.62. The molecule has 7 heteroatoms. The van der Waals surface area contributed by atoms with Gasteiger partial charge in [0.2, 0.25) is 0 Å². The van der Waals surface area contributed by atoms with Crippen molar-refractivity contribution in [3.05, 3.63) is 57.7 Å². The summed E-state index contributed by atoms with van der Waals surface area (Å²) in [5, 5.41) is 24.5. The highest BCUT2D eigenvalue weighted by atomic mass is 35.5. The molecule has 2 atom stereocenters. The van der Waals surface area contributed by atoms with Crippen molar-refractivity contribution in [2.24, 2.45) is 0 Å². The van der Waals surface area contributed by atoms with Crippen molar-refractivity contribution in [1.82, 2.24) is 15.1 Å². The Morgan fingerprint density at radius 3 is 2.72 bits per heavy atom. The molecule has 0 radical (unpaired) electrons. The Labute approximate surface area is 194 Å². The fourth-order valence-corrected chi connectivity index (χ4v) is 4.91. The zero-order valence-electron chi connectivity index (χ0n) is 19.3. The normalized spacial score (nSPS) is 17.3. The maximum atomic E-state index is 9.39. The van der Waals surface area contributed by atoms with Gasteiger partial charge in [-0.15, -0.1) is 5.10 Å². The van der Waals surface area contributed by atoms with E-state index in [0.717, 1.165) is 63.6 Å². The van der Waals surface area contributed by atoms with E-state index < -0.39 is 0 Å². The first-order chi connectivity index (χ1) is 15.3. The third kappa shape index (κ3) is 4.11. The number of fused-ring (bicyclic) bond motifs is 1. The molecule has 2 heterocycles. The molecule has 32 heavy (non-hydrogen) atoms. The Morgan fingerprint density at radius 1 is 1.25 bits per heavy atom. The predicted octanol–water partition coefficient (Wildman–Crippen LogP) is 5.09. The van der Waals surface area contributed by atoms with Crippen LogP contribution in [-0.2, 0) is 0 Å². The van der Waals surface area contributed by atoms with Gasteiger partial charge in [0, 0.05) is 30.4 Å². The molecular weight excluding hydrogens is 420 g/mol. The van der Waals surface area contributed by atoms with Crippen molar-refractivity contribution < 1.29 is 0 Å². The number of rotatable bonds is 5. The van der Waals surface area contributed by atoms with Crippen molar-refractivity contribution in [3.63, 3.8) is 0 Å². The Hall–Kier alpha value is -2.88. The van der Waals surface area contributed by atoms with Gasteiger partial charge < -0.3 is 15.1 Å². The van der Waals surface area contributed by atoms with Gasteiger partial charge in [-0.05, 0) is 70.1 Å². The highest BCUT2D eigenvalue weighted by Crippen LogP contribution is 2.36. The van der Waals surface area contributed by atoms with Crippen LogP contribution in [0.2, 0.25) is 5.02 Å². The molecule has 0 bridgehead atoms. The second kappa shape index (κ2) is 8.93. The summed E-state index contributed by atoms with van der Waals surface area (Å²) < 4.78 is 0. The van der Waals surface area contributed by atoms with Crippen LogP contribution in [-0.4, -0.2) is 48.3 Å². The topological polar surface area (TPSA) is 68.1 Å². The average molecular weight is 449 g/mol. The number of aryl methyl sites for hydroxylation is 1. The molecule has 1 aliphatic rings. The molecule has 0 aliphatic carbocycles. The number of likely N-dealkylation sites (tertiary alicyclic amines) is 1. The Morgan fingerprint density at radius 2 is 2.03 bits per heavy atom. The molecule has 1 aliphatic heterocycles. The smallest absolute Gasteiger partial charge is 0.157 e. The average Bonchev–Trinajstić information content (AvgIpc) is 3.21. The number of nitriles is 1. The Bertz CT molecular complexity index is 1200. The third-order valence-electron chi connectivity index (χ3n) is 6.64. The molecule has 0 unspecified atom stereocenters. The lowest BCUT2D eigenvalue weighted by Gasteiger charge is -2.28.